The molecule has 2 fully saturated rings. The summed E-state index contributed by atoms with van der Waals surface area (Å²) >= 11 is 3.02. The number of hydrogen-bond donors (Lipinski definition) is 4. The number of rotatable bonds is 50. The molecule has 6 amide bonds. The highest BCUT2D eigenvalue weighted by Gasteiger charge is 2.47. The molecular weight excluding hydrogens is 1800 g/mol. The van der Waals surface area contributed by atoms with Gasteiger partial charge in [-0.15, -0.1) is 22.7 Å². The van der Waals surface area contributed by atoms with Crippen LogP contribution < -0.4 is 16.4 Å². The summed E-state index contributed by atoms with van der Waals surface area (Å²) < 4.78 is 35.0. The van der Waals surface area contributed by atoms with Crippen LogP contribution in [-0.4, -0.2) is 251 Å². The first kappa shape index (κ1) is 118. The maximum atomic E-state index is 14.8. The molecule has 2 aromatic heterocycles. The molecule has 0 spiro atoms. The van der Waals surface area contributed by atoms with E-state index in [4.69, 9.17) is 34.2 Å². The van der Waals surface area contributed by atoms with Crippen LogP contribution in [0, 0.1) is 53.3 Å². The molecule has 2 aliphatic heterocycles. The Labute approximate surface area is 837 Å². The van der Waals surface area contributed by atoms with Crippen molar-refractivity contribution in [1.29, 1.82) is 0 Å². The standard InChI is InChI=1S/C55H83N5O8S.C35H55N5O5S.C19H29NO4/c1-15-37(6)50(59(12)54(65)42(35(2)3)32-45(61)49(36(4)5)58(11)34-41-24-19-23-40(29-41)31-48(63)68-55(8,9)10)46(66-13)33-47(62)60-27-20-25-44(60)51(67-14)38(7)52(64)57-43(53-56-26-28-69-53)30-39-21-17-16-18-22-39;1-9-23(4)31(39(6)35(43)30(36)22(2)3)28(44-7)21-29(41)40-18-13-16-27(40)32(45-8)24(5)33(42)38-26(34-37-17-19-46-34)20-25-14-11-10-12-15-25;1-13(2)17(18(22)23)20(6)12-15-9-7-8-14(10-15)11-16(21)24-19(3,4)5/h16-19,21-24,26,28-29,35-38,42-44,46,49-51H,15,20,25,27,30-34H2,1-14H3,(H,57,64);10-12,14-15,17,19,22-24,26-28,30-32H,9,13,16,18,20-21,36H2,1-8H3,(H,38,42);7-10,13,17H,11-12H2,1-6H3,(H,22,23)/t37-,38+,42-,43-,44-,46+,49-,50-,51+;23-,24+,26-,27-,28+,30-,31-,32+;17-/m000/s1. The molecule has 30 heteroatoms. The average molecular weight is 1970 g/mol. The Morgan fingerprint density at radius 3 is 1.17 bits per heavy atom. The van der Waals surface area contributed by atoms with Crippen molar-refractivity contribution in [2.45, 2.75) is 325 Å². The number of benzene rings is 4. The van der Waals surface area contributed by atoms with Crippen LogP contribution in [0.25, 0.3) is 0 Å². The first-order chi connectivity index (χ1) is 65.5. The van der Waals surface area contributed by atoms with E-state index in [2.05, 4.69) is 48.3 Å². The largest absolute Gasteiger partial charge is 0.480 e. The number of nitrogens with one attached hydrogen (secondary N) is 2. The van der Waals surface area contributed by atoms with Crippen LogP contribution in [0.4, 0.5) is 0 Å². The van der Waals surface area contributed by atoms with E-state index in [1.54, 1.807) is 71.8 Å². The van der Waals surface area contributed by atoms with E-state index in [1.807, 2.05) is 257 Å². The van der Waals surface area contributed by atoms with Gasteiger partial charge in [-0.2, -0.15) is 0 Å². The van der Waals surface area contributed by atoms with Crippen LogP contribution in [0.3, 0.4) is 0 Å². The zero-order chi connectivity index (χ0) is 104. The van der Waals surface area contributed by atoms with Crippen molar-refractivity contribution in [3.63, 3.8) is 0 Å². The van der Waals surface area contributed by atoms with Crippen molar-refractivity contribution < 1.29 is 81.5 Å². The number of aromatic nitrogens is 2. The highest BCUT2D eigenvalue weighted by Crippen LogP contribution is 2.36. The smallest absolute Gasteiger partial charge is 0.321 e. The third kappa shape index (κ3) is 36.3. The molecular formula is C109H167N11O17S2. The molecule has 18 atom stereocenters. The lowest BCUT2D eigenvalue weighted by atomic mass is 9.83. The monoisotopic (exact) mass is 1970 g/mol. The van der Waals surface area contributed by atoms with Gasteiger partial charge in [-0.1, -0.05) is 219 Å². The molecule has 5 N–H and O–H groups in total. The van der Waals surface area contributed by atoms with Gasteiger partial charge < -0.3 is 69.5 Å². The fraction of sp³-hybridized carbons (Fsp3) is 0.633. The first-order valence-corrected chi connectivity index (χ1v) is 51.5. The molecule has 4 aromatic carbocycles. The predicted octanol–water partition coefficient (Wildman–Crippen LogP) is 16.3. The second-order valence-electron chi connectivity index (χ2n) is 41.4. The second-order valence-corrected chi connectivity index (χ2v) is 43.3. The van der Waals surface area contributed by atoms with E-state index in [-0.39, 0.29) is 151 Å². The number of ether oxygens (including phenoxy) is 6. The van der Waals surface area contributed by atoms with Gasteiger partial charge in [0.1, 0.15) is 27.3 Å². The van der Waals surface area contributed by atoms with Crippen LogP contribution >= 0.6 is 22.7 Å². The molecule has 2 aliphatic rings. The Hall–Kier alpha value is -9.24. The highest BCUT2D eigenvalue weighted by atomic mass is 32.1. The number of carboxylic acid groups (broad SMARTS) is 1. The third-order valence-electron chi connectivity index (χ3n) is 26.9. The topological polar surface area (TPSA) is 342 Å². The number of hydrogen-bond acceptors (Lipinski definition) is 23. The lowest BCUT2D eigenvalue weighted by Crippen LogP contribution is -2.56. The molecule has 2 saturated heterocycles. The molecule has 0 bridgehead atoms. The zero-order valence-corrected chi connectivity index (χ0v) is 90.0. The molecule has 0 aliphatic carbocycles. The molecule has 772 valence electrons. The number of likely N-dealkylation sites (N-methyl/N-ethyl adjacent to an activating group) is 4. The maximum Gasteiger partial charge on any atom is 0.321 e. The second kappa shape index (κ2) is 57.2. The van der Waals surface area contributed by atoms with Crippen molar-refractivity contribution in [1.82, 2.24) is 50.0 Å². The normalized spacial score (nSPS) is 17.6. The summed E-state index contributed by atoms with van der Waals surface area (Å²) in [5.74, 6) is -4.03. The minimum Gasteiger partial charge on any atom is -0.480 e. The number of nitrogens with two attached hydrogens (primary N) is 1. The third-order valence-corrected chi connectivity index (χ3v) is 28.7. The summed E-state index contributed by atoms with van der Waals surface area (Å²) in [6.07, 6.45) is 7.59. The molecule has 0 radical (unpaired) electrons. The van der Waals surface area contributed by atoms with Crippen LogP contribution in [0.1, 0.15) is 252 Å². The fourth-order valence-electron chi connectivity index (χ4n) is 19.5. The summed E-state index contributed by atoms with van der Waals surface area (Å²) in [6.45, 7) is 40.8. The van der Waals surface area contributed by atoms with Crippen LogP contribution in [0.2, 0.25) is 0 Å². The summed E-state index contributed by atoms with van der Waals surface area (Å²) in [4.78, 5) is 155. The van der Waals surface area contributed by atoms with E-state index in [0.717, 1.165) is 75.5 Å². The van der Waals surface area contributed by atoms with E-state index < -0.39 is 83.5 Å². The zero-order valence-electron chi connectivity index (χ0n) is 88.4. The molecule has 28 nitrogen and oxygen atoms in total. The number of esters is 2. The number of carboxylic acids is 1. The van der Waals surface area contributed by atoms with Crippen molar-refractivity contribution in [2.75, 3.05) is 69.7 Å². The predicted molar refractivity (Wildman–Crippen MR) is 549 cm³/mol. The average Bonchev–Trinajstić information content (AvgIpc) is 1.72. The molecule has 6 aromatic rings. The number of likely N-dealkylation sites (tertiary alicyclic amines) is 2. The molecule has 0 saturated carbocycles. The number of aliphatic carboxylic acids is 1. The summed E-state index contributed by atoms with van der Waals surface area (Å²) in [5.41, 5.74) is 11.0. The number of Topliss-reactive ketones (excluding diaryl/α,β-unsaturated/α-hetero) is 1. The maximum absolute atomic E-state index is 14.8. The van der Waals surface area contributed by atoms with Gasteiger partial charge in [-0.05, 0) is 163 Å². The summed E-state index contributed by atoms with van der Waals surface area (Å²) in [5, 5.41) is 21.3. The summed E-state index contributed by atoms with van der Waals surface area (Å²) in [7, 11) is 13.7. The number of methoxy groups -OCH3 is 4. The minimum absolute atomic E-state index is 0.0115. The van der Waals surface area contributed by atoms with Crippen LogP contribution in [0.15, 0.2) is 132 Å². The lowest BCUT2D eigenvalue weighted by molar-refractivity contribution is -0.155. The van der Waals surface area contributed by atoms with Crippen LogP contribution in [-0.2, 0) is 115 Å². The Balaban J connectivity index is 0.000000361. The molecule has 139 heavy (non-hydrogen) atoms. The van der Waals surface area contributed by atoms with Gasteiger partial charge in [0, 0.05) is 104 Å². The van der Waals surface area contributed by atoms with E-state index >= 15 is 0 Å². The Kier molecular flexibility index (Phi) is 48.7. The van der Waals surface area contributed by atoms with Crippen molar-refractivity contribution in [3.8, 4) is 0 Å². The SMILES string of the molecule is CC(C)[C@@H](C(=O)O)N(C)Cc1cccc(CC(=O)OC(C)(C)C)c1.CC[C@H](C)[C@@H]([C@@H](CC(=O)N1CCC[C@H]1[C@H](OC)[C@@H](C)C(=O)N[C@@H](Cc1ccccc1)c1nccs1)OC)N(C)C(=O)[C@@H](CC(=O)[C@H](C(C)C)N(C)Cc1cccc(CC(=O)OC(C)(C)C)c1)C(C)C.CC[C@H](C)[C@@H]([C@@H](CC(=O)N1CCC[C@H]1[C@H](OC)[C@@H](C)C(=O)N[C@@H](Cc1ccccc1)c1nccs1)OC)N(C)C(=O)[C@@H](N)C(C)C. The van der Waals surface area contributed by atoms with Gasteiger partial charge >= 0.3 is 17.9 Å². The van der Waals surface area contributed by atoms with Gasteiger partial charge in [0.25, 0.3) is 0 Å². The number of carbonyl (C=O) groups excluding carboxylic acids is 9. The van der Waals surface area contributed by atoms with E-state index in [1.165, 1.54) is 22.7 Å². The van der Waals surface area contributed by atoms with Crippen molar-refractivity contribution in [3.05, 3.63) is 176 Å². The highest BCUT2D eigenvalue weighted by molar-refractivity contribution is 7.09. The lowest BCUT2D eigenvalue weighted by Gasteiger charge is -2.41. The van der Waals surface area contributed by atoms with Gasteiger partial charge in [0.2, 0.25) is 35.4 Å². The molecule has 8 rings (SSSR count). The van der Waals surface area contributed by atoms with E-state index in [0.29, 0.717) is 45.4 Å². The van der Waals surface area contributed by atoms with Gasteiger partial charge in [-0.3, -0.25) is 57.7 Å². The van der Waals surface area contributed by atoms with E-state index in [9.17, 15) is 53.1 Å². The van der Waals surface area contributed by atoms with Gasteiger partial charge in [-0.25, -0.2) is 9.97 Å². The Bertz CT molecular complexity index is 4760. The van der Waals surface area contributed by atoms with Crippen LogP contribution in [0.5, 0.6) is 0 Å². The number of nitrogens with zero attached hydrogens (tertiary/aromatic N) is 8. The minimum atomic E-state index is -0.822. The Morgan fingerprint density at radius 2 is 0.849 bits per heavy atom. The number of thiazole rings is 2. The number of amides is 6. The quantitative estimate of drug-likeness (QED) is 0.0258. The number of carbonyl (C=O) groups is 10. The van der Waals surface area contributed by atoms with Crippen molar-refractivity contribution in [2.24, 2.45) is 59.0 Å². The summed E-state index contributed by atoms with van der Waals surface area (Å²) in [6, 6.07) is 31.9. The first-order valence-electron chi connectivity index (χ1n) is 49.8. The fourth-order valence-corrected chi connectivity index (χ4v) is 20.9. The molecule has 0 unspecified atom stereocenters. The van der Waals surface area contributed by atoms with Crippen molar-refractivity contribution >= 4 is 81.8 Å². The number of ketones is 1. The Morgan fingerprint density at radius 1 is 0.482 bits per heavy atom. The molecule has 4 heterocycles. The van der Waals surface area contributed by atoms with Gasteiger partial charge in [0.15, 0.2) is 5.78 Å². The van der Waals surface area contributed by atoms with Gasteiger partial charge in [0.05, 0.1) is 110 Å².